The van der Waals surface area contributed by atoms with Crippen molar-refractivity contribution in [3.8, 4) is 0 Å². The molecule has 0 radical (unpaired) electrons. The van der Waals surface area contributed by atoms with Gasteiger partial charge in [0.25, 0.3) is 0 Å². The van der Waals surface area contributed by atoms with E-state index in [0.717, 1.165) is 12.8 Å². The van der Waals surface area contributed by atoms with Gasteiger partial charge in [0, 0.05) is 24.3 Å². The van der Waals surface area contributed by atoms with E-state index >= 15 is 0 Å². The molecular weight excluding hydrogens is 427 g/mol. The largest absolute Gasteiger partial charge is 0.451 e. The van der Waals surface area contributed by atoms with E-state index in [-0.39, 0.29) is 17.4 Å². The summed E-state index contributed by atoms with van der Waals surface area (Å²) in [6, 6.07) is -0.701. The lowest BCUT2D eigenvalue weighted by atomic mass is 9.90. The van der Waals surface area contributed by atoms with Gasteiger partial charge in [-0.25, -0.2) is 14.8 Å². The summed E-state index contributed by atoms with van der Waals surface area (Å²) in [5.41, 5.74) is 5.88. The van der Waals surface area contributed by atoms with Crippen LogP contribution >= 0.6 is 0 Å². The standard InChI is InChI=1S/C21H32F3N5O3/c1-12-15(16(25)28-18(26-12)21(22,23)24)7-6-14-8-10-29(11-9-14)17(30)13(2)27-19(31)32-20(3,4)5/h13-14H,6-11H2,1-5H3,(H,27,31)(H2,25,26,28). The maximum atomic E-state index is 12.8. The van der Waals surface area contributed by atoms with Crippen molar-refractivity contribution < 1.29 is 27.5 Å². The third-order valence-corrected chi connectivity index (χ3v) is 5.33. The highest BCUT2D eigenvalue weighted by Gasteiger charge is 2.36. The third-order valence-electron chi connectivity index (χ3n) is 5.33. The maximum absolute atomic E-state index is 12.8. The molecule has 1 aromatic heterocycles. The number of nitrogen functional groups attached to an aromatic ring is 1. The van der Waals surface area contributed by atoms with Gasteiger partial charge in [-0.15, -0.1) is 0 Å². The number of nitrogens with two attached hydrogens (primary N) is 1. The predicted octanol–water partition coefficient (Wildman–Crippen LogP) is 3.47. The number of rotatable bonds is 5. The molecule has 1 saturated heterocycles. The van der Waals surface area contributed by atoms with Gasteiger partial charge in [0.1, 0.15) is 17.5 Å². The van der Waals surface area contributed by atoms with E-state index in [0.29, 0.717) is 37.4 Å². The van der Waals surface area contributed by atoms with Gasteiger partial charge in [-0.2, -0.15) is 13.2 Å². The highest BCUT2D eigenvalue weighted by molar-refractivity contribution is 5.85. The zero-order chi connectivity index (χ0) is 24.3. The number of hydrogen-bond donors (Lipinski definition) is 2. The van der Waals surface area contributed by atoms with Crippen LogP contribution in [0, 0.1) is 12.8 Å². The lowest BCUT2D eigenvalue weighted by Gasteiger charge is -2.34. The van der Waals surface area contributed by atoms with Crippen LogP contribution in [0.2, 0.25) is 0 Å². The monoisotopic (exact) mass is 459 g/mol. The molecule has 0 bridgehead atoms. The summed E-state index contributed by atoms with van der Waals surface area (Å²) in [5.74, 6) is -1.24. The normalized spacial score (nSPS) is 16.6. The van der Waals surface area contributed by atoms with Gasteiger partial charge < -0.3 is 20.7 Å². The molecule has 1 fully saturated rings. The first-order valence-electron chi connectivity index (χ1n) is 10.7. The number of ether oxygens (including phenoxy) is 1. The average molecular weight is 460 g/mol. The number of likely N-dealkylation sites (tertiary alicyclic amines) is 1. The van der Waals surface area contributed by atoms with Crippen LogP contribution in [0.25, 0.3) is 0 Å². The molecule has 2 rings (SSSR count). The Morgan fingerprint density at radius 1 is 1.22 bits per heavy atom. The molecule has 2 heterocycles. The molecule has 0 aliphatic carbocycles. The van der Waals surface area contributed by atoms with Crippen molar-refractivity contribution in [1.82, 2.24) is 20.2 Å². The van der Waals surface area contributed by atoms with Gasteiger partial charge in [-0.05, 0) is 66.2 Å². The summed E-state index contributed by atoms with van der Waals surface area (Å²) in [6.45, 7) is 9.45. The molecule has 1 aromatic rings. The van der Waals surface area contributed by atoms with Crippen molar-refractivity contribution in [3.05, 3.63) is 17.1 Å². The van der Waals surface area contributed by atoms with Crippen molar-refractivity contribution in [1.29, 1.82) is 0 Å². The first-order chi connectivity index (χ1) is 14.7. The molecule has 0 aromatic carbocycles. The number of nitrogens with one attached hydrogen (secondary N) is 1. The quantitative estimate of drug-likeness (QED) is 0.698. The van der Waals surface area contributed by atoms with Crippen LogP contribution in [-0.2, 0) is 22.1 Å². The van der Waals surface area contributed by atoms with Crippen LogP contribution in [0.15, 0.2) is 0 Å². The number of alkyl halides is 3. The summed E-state index contributed by atoms with van der Waals surface area (Å²) in [4.78, 5) is 33.2. The fourth-order valence-electron chi connectivity index (χ4n) is 3.66. The van der Waals surface area contributed by atoms with E-state index in [1.165, 1.54) is 6.92 Å². The Bertz CT molecular complexity index is 808. The van der Waals surface area contributed by atoms with Crippen LogP contribution in [0.5, 0.6) is 0 Å². The summed E-state index contributed by atoms with van der Waals surface area (Å²) in [7, 11) is 0. The highest BCUT2D eigenvalue weighted by atomic mass is 19.4. The molecular formula is C21H32F3N5O3. The van der Waals surface area contributed by atoms with Crippen LogP contribution < -0.4 is 11.1 Å². The average Bonchev–Trinajstić information content (AvgIpc) is 2.64. The molecule has 0 spiro atoms. The minimum Gasteiger partial charge on any atom is -0.444 e. The topological polar surface area (TPSA) is 110 Å². The number of carbonyl (C=O) groups excluding carboxylic acids is 2. The second-order valence-corrected chi connectivity index (χ2v) is 9.17. The number of piperidine rings is 1. The smallest absolute Gasteiger partial charge is 0.444 e. The summed E-state index contributed by atoms with van der Waals surface area (Å²) in [6.07, 6.45) is -2.57. The minimum atomic E-state index is -4.63. The molecule has 180 valence electrons. The summed E-state index contributed by atoms with van der Waals surface area (Å²) in [5, 5.41) is 2.56. The number of amides is 2. The molecule has 0 saturated carbocycles. The number of anilines is 1. The minimum absolute atomic E-state index is 0.139. The number of carbonyl (C=O) groups is 2. The number of alkyl carbamates (subject to hydrolysis) is 1. The van der Waals surface area contributed by atoms with E-state index in [4.69, 9.17) is 10.5 Å². The van der Waals surface area contributed by atoms with Gasteiger partial charge in [0.05, 0.1) is 0 Å². The fraction of sp³-hybridized carbons (Fsp3) is 0.714. The number of halogens is 3. The number of hydrogen-bond acceptors (Lipinski definition) is 6. The molecule has 3 N–H and O–H groups in total. The van der Waals surface area contributed by atoms with Gasteiger partial charge in [0.15, 0.2) is 0 Å². The molecule has 1 aliphatic heterocycles. The number of aryl methyl sites for hydroxylation is 1. The van der Waals surface area contributed by atoms with Crippen LogP contribution in [0.3, 0.4) is 0 Å². The van der Waals surface area contributed by atoms with Gasteiger partial charge in [0.2, 0.25) is 11.7 Å². The Kier molecular flexibility index (Phi) is 7.95. The van der Waals surface area contributed by atoms with Crippen LogP contribution in [0.1, 0.15) is 64.0 Å². The van der Waals surface area contributed by atoms with Crippen molar-refractivity contribution in [2.45, 2.75) is 78.1 Å². The molecule has 32 heavy (non-hydrogen) atoms. The zero-order valence-corrected chi connectivity index (χ0v) is 19.2. The van der Waals surface area contributed by atoms with Gasteiger partial charge >= 0.3 is 12.3 Å². The second-order valence-electron chi connectivity index (χ2n) is 9.17. The Balaban J connectivity index is 1.85. The van der Waals surface area contributed by atoms with Gasteiger partial charge in [-0.1, -0.05) is 0 Å². The van der Waals surface area contributed by atoms with Crippen molar-refractivity contribution >= 4 is 17.8 Å². The van der Waals surface area contributed by atoms with Gasteiger partial charge in [-0.3, -0.25) is 4.79 Å². The molecule has 8 nitrogen and oxygen atoms in total. The maximum Gasteiger partial charge on any atom is 0.451 e. The number of aromatic nitrogens is 2. The van der Waals surface area contributed by atoms with E-state index in [9.17, 15) is 22.8 Å². The Morgan fingerprint density at radius 2 is 1.81 bits per heavy atom. The molecule has 2 amide bonds. The van der Waals surface area contributed by atoms with Crippen LogP contribution in [0.4, 0.5) is 23.8 Å². The first-order valence-corrected chi connectivity index (χ1v) is 10.7. The Labute approximate surface area is 186 Å². The first kappa shape index (κ1) is 25.7. The highest BCUT2D eigenvalue weighted by Crippen LogP contribution is 2.30. The predicted molar refractivity (Wildman–Crippen MR) is 113 cm³/mol. The molecule has 11 heteroatoms. The lowest BCUT2D eigenvalue weighted by Crippen LogP contribution is -2.50. The summed E-state index contributed by atoms with van der Waals surface area (Å²) >= 11 is 0. The van der Waals surface area contributed by atoms with E-state index in [1.54, 1.807) is 32.6 Å². The third kappa shape index (κ3) is 7.23. The summed E-state index contributed by atoms with van der Waals surface area (Å²) < 4.78 is 43.6. The second kappa shape index (κ2) is 9.91. The zero-order valence-electron chi connectivity index (χ0n) is 19.2. The van der Waals surface area contributed by atoms with E-state index in [1.807, 2.05) is 0 Å². The van der Waals surface area contributed by atoms with E-state index < -0.39 is 29.7 Å². The molecule has 1 unspecified atom stereocenters. The number of nitrogens with zero attached hydrogens (tertiary/aromatic N) is 3. The Hall–Kier alpha value is -2.59. The van der Waals surface area contributed by atoms with Crippen LogP contribution in [-0.4, -0.2) is 51.6 Å². The Morgan fingerprint density at radius 3 is 2.31 bits per heavy atom. The van der Waals surface area contributed by atoms with E-state index in [2.05, 4.69) is 15.3 Å². The van der Waals surface area contributed by atoms with Crippen molar-refractivity contribution in [3.63, 3.8) is 0 Å². The van der Waals surface area contributed by atoms with Crippen molar-refractivity contribution in [2.24, 2.45) is 5.92 Å². The molecule has 1 aliphatic rings. The SMILES string of the molecule is Cc1nc(C(F)(F)F)nc(N)c1CCC1CCN(C(=O)C(C)NC(=O)OC(C)(C)C)CC1. The lowest BCUT2D eigenvalue weighted by molar-refractivity contribution is -0.145. The van der Waals surface area contributed by atoms with Crippen molar-refractivity contribution in [2.75, 3.05) is 18.8 Å². The molecule has 1 atom stereocenters. The fourth-order valence-corrected chi connectivity index (χ4v) is 3.66.